The van der Waals surface area contributed by atoms with Crippen LogP contribution in [0.2, 0.25) is 0 Å². The maximum Gasteiger partial charge on any atom is 0.254 e. The van der Waals surface area contributed by atoms with Crippen LogP contribution in [-0.2, 0) is 6.54 Å². The summed E-state index contributed by atoms with van der Waals surface area (Å²) in [4.78, 5) is 21.0. The van der Waals surface area contributed by atoms with E-state index in [2.05, 4.69) is 15.3 Å². The van der Waals surface area contributed by atoms with E-state index in [1.54, 1.807) is 6.20 Å². The van der Waals surface area contributed by atoms with Crippen LogP contribution in [0.4, 0.5) is 0 Å². The Morgan fingerprint density at radius 1 is 1.24 bits per heavy atom. The van der Waals surface area contributed by atoms with E-state index < -0.39 is 0 Å². The van der Waals surface area contributed by atoms with E-state index in [0.717, 1.165) is 17.1 Å². The fourth-order valence-corrected chi connectivity index (χ4v) is 2.23. The quantitative estimate of drug-likeness (QED) is 0.937. The Hall–Kier alpha value is -2.23. The molecule has 1 aromatic carbocycles. The molecule has 1 fully saturated rings. The molecular weight excluding hydrogens is 262 g/mol. The maximum atomic E-state index is 12.2. The molecule has 3 rings (SSSR count). The number of aromatic nitrogens is 2. The second-order valence-corrected chi connectivity index (χ2v) is 5.67. The van der Waals surface area contributed by atoms with E-state index in [0.29, 0.717) is 18.0 Å². The summed E-state index contributed by atoms with van der Waals surface area (Å²) in [5.74, 6) is 1.27. The van der Waals surface area contributed by atoms with Crippen LogP contribution in [-0.4, -0.2) is 15.9 Å². The highest BCUT2D eigenvalue weighted by molar-refractivity contribution is 5.94. The van der Waals surface area contributed by atoms with Crippen LogP contribution < -0.4 is 5.32 Å². The van der Waals surface area contributed by atoms with Crippen LogP contribution >= 0.6 is 0 Å². The van der Waals surface area contributed by atoms with Crippen molar-refractivity contribution in [1.29, 1.82) is 0 Å². The molecule has 1 aliphatic rings. The lowest BCUT2D eigenvalue weighted by Crippen LogP contribution is -2.24. The maximum absolute atomic E-state index is 12.2. The second kappa shape index (κ2) is 5.64. The SMILES string of the molecule is Cc1ccc(CNC(=O)c2cnc(C3CC3)nc2C)cc1. The first-order chi connectivity index (χ1) is 10.1. The molecule has 0 unspecified atom stereocenters. The van der Waals surface area contributed by atoms with Gasteiger partial charge in [-0.05, 0) is 32.3 Å². The summed E-state index contributed by atoms with van der Waals surface area (Å²) in [5.41, 5.74) is 3.62. The van der Waals surface area contributed by atoms with Gasteiger partial charge in [0.25, 0.3) is 5.91 Å². The first-order valence-electron chi connectivity index (χ1n) is 7.31. The lowest BCUT2D eigenvalue weighted by Gasteiger charge is -2.08. The predicted octanol–water partition coefficient (Wildman–Crippen LogP) is 2.90. The Kier molecular flexibility index (Phi) is 3.69. The highest BCUT2D eigenvalue weighted by Gasteiger charge is 2.27. The van der Waals surface area contributed by atoms with Gasteiger partial charge in [0.05, 0.1) is 11.3 Å². The van der Waals surface area contributed by atoms with E-state index in [-0.39, 0.29) is 5.91 Å². The number of hydrogen-bond donors (Lipinski definition) is 1. The number of hydrogen-bond acceptors (Lipinski definition) is 3. The highest BCUT2D eigenvalue weighted by atomic mass is 16.1. The Bertz CT molecular complexity index is 660. The first kappa shape index (κ1) is 13.7. The van der Waals surface area contributed by atoms with Gasteiger partial charge in [-0.3, -0.25) is 4.79 Å². The fraction of sp³-hybridized carbons (Fsp3) is 0.353. The third kappa shape index (κ3) is 3.27. The van der Waals surface area contributed by atoms with E-state index in [1.165, 1.54) is 18.4 Å². The van der Waals surface area contributed by atoms with E-state index in [9.17, 15) is 4.79 Å². The minimum atomic E-state index is -0.115. The van der Waals surface area contributed by atoms with Crippen LogP contribution in [0.1, 0.15) is 51.8 Å². The van der Waals surface area contributed by atoms with Gasteiger partial charge >= 0.3 is 0 Å². The van der Waals surface area contributed by atoms with Crippen molar-refractivity contribution in [2.75, 3.05) is 0 Å². The average molecular weight is 281 g/mol. The van der Waals surface area contributed by atoms with Crippen LogP contribution in [0.25, 0.3) is 0 Å². The summed E-state index contributed by atoms with van der Waals surface area (Å²) >= 11 is 0. The minimum Gasteiger partial charge on any atom is -0.348 e. The molecule has 4 nitrogen and oxygen atoms in total. The molecule has 0 aliphatic heterocycles. The van der Waals surface area contributed by atoms with Crippen molar-refractivity contribution in [1.82, 2.24) is 15.3 Å². The first-order valence-corrected chi connectivity index (χ1v) is 7.31. The molecule has 0 saturated heterocycles. The summed E-state index contributed by atoms with van der Waals surface area (Å²) in [6, 6.07) is 8.13. The summed E-state index contributed by atoms with van der Waals surface area (Å²) in [5, 5.41) is 2.92. The van der Waals surface area contributed by atoms with Gasteiger partial charge < -0.3 is 5.32 Å². The summed E-state index contributed by atoms with van der Waals surface area (Å²) in [7, 11) is 0. The number of benzene rings is 1. The van der Waals surface area contributed by atoms with Crippen molar-refractivity contribution in [3.05, 3.63) is 58.7 Å². The van der Waals surface area contributed by atoms with Gasteiger partial charge in [0.1, 0.15) is 5.82 Å². The molecule has 1 saturated carbocycles. The van der Waals surface area contributed by atoms with Gasteiger partial charge in [-0.25, -0.2) is 9.97 Å². The van der Waals surface area contributed by atoms with Crippen molar-refractivity contribution in [3.8, 4) is 0 Å². The third-order valence-electron chi connectivity index (χ3n) is 3.76. The zero-order valence-corrected chi connectivity index (χ0v) is 12.4. The molecule has 108 valence electrons. The normalized spacial score (nSPS) is 14.0. The zero-order valence-electron chi connectivity index (χ0n) is 12.4. The van der Waals surface area contributed by atoms with Crippen LogP contribution in [0, 0.1) is 13.8 Å². The molecule has 0 spiro atoms. The van der Waals surface area contributed by atoms with Crippen molar-refractivity contribution < 1.29 is 4.79 Å². The molecule has 1 heterocycles. The van der Waals surface area contributed by atoms with Gasteiger partial charge in [0.15, 0.2) is 0 Å². The second-order valence-electron chi connectivity index (χ2n) is 5.67. The van der Waals surface area contributed by atoms with Crippen molar-refractivity contribution in [3.63, 3.8) is 0 Å². The van der Waals surface area contributed by atoms with Crippen molar-refractivity contribution in [2.45, 2.75) is 39.2 Å². The van der Waals surface area contributed by atoms with Gasteiger partial charge in [-0.15, -0.1) is 0 Å². The Balaban J connectivity index is 1.66. The monoisotopic (exact) mass is 281 g/mol. The highest BCUT2D eigenvalue weighted by Crippen LogP contribution is 2.37. The fourth-order valence-electron chi connectivity index (χ4n) is 2.23. The molecule has 0 radical (unpaired) electrons. The van der Waals surface area contributed by atoms with Crippen LogP contribution in [0.5, 0.6) is 0 Å². The van der Waals surface area contributed by atoms with Gasteiger partial charge in [0.2, 0.25) is 0 Å². The van der Waals surface area contributed by atoms with Crippen LogP contribution in [0.3, 0.4) is 0 Å². The zero-order chi connectivity index (χ0) is 14.8. The molecule has 21 heavy (non-hydrogen) atoms. The molecule has 1 amide bonds. The van der Waals surface area contributed by atoms with Crippen molar-refractivity contribution in [2.24, 2.45) is 0 Å². The molecule has 1 N–H and O–H groups in total. The Morgan fingerprint density at radius 3 is 2.57 bits per heavy atom. The molecule has 2 aromatic rings. The van der Waals surface area contributed by atoms with E-state index in [4.69, 9.17) is 0 Å². The molecule has 1 aromatic heterocycles. The summed E-state index contributed by atoms with van der Waals surface area (Å²) in [6.07, 6.45) is 3.98. The van der Waals surface area contributed by atoms with Gasteiger partial charge in [-0.2, -0.15) is 0 Å². The number of rotatable bonds is 4. The summed E-state index contributed by atoms with van der Waals surface area (Å²) < 4.78 is 0. The van der Waals surface area contributed by atoms with Gasteiger partial charge in [0, 0.05) is 18.7 Å². The Labute approximate surface area is 124 Å². The third-order valence-corrected chi connectivity index (χ3v) is 3.76. The van der Waals surface area contributed by atoms with Crippen molar-refractivity contribution >= 4 is 5.91 Å². The lowest BCUT2D eigenvalue weighted by molar-refractivity contribution is 0.0949. The molecule has 4 heteroatoms. The molecule has 1 aliphatic carbocycles. The van der Waals surface area contributed by atoms with E-state index >= 15 is 0 Å². The lowest BCUT2D eigenvalue weighted by atomic mass is 10.1. The van der Waals surface area contributed by atoms with E-state index in [1.807, 2.05) is 38.1 Å². The number of nitrogens with zero attached hydrogens (tertiary/aromatic N) is 2. The smallest absolute Gasteiger partial charge is 0.254 e. The number of amides is 1. The predicted molar refractivity (Wildman–Crippen MR) is 81.1 cm³/mol. The standard InChI is InChI=1S/C17H19N3O/c1-11-3-5-13(6-4-11)9-19-17(21)15-10-18-16(14-7-8-14)20-12(15)2/h3-6,10,14H,7-9H2,1-2H3,(H,19,21). The van der Waals surface area contributed by atoms with Gasteiger partial charge in [-0.1, -0.05) is 29.8 Å². The molecule has 0 bridgehead atoms. The summed E-state index contributed by atoms with van der Waals surface area (Å²) in [6.45, 7) is 4.43. The topological polar surface area (TPSA) is 54.9 Å². The number of carbonyl (C=O) groups is 1. The van der Waals surface area contributed by atoms with Crippen LogP contribution in [0.15, 0.2) is 30.5 Å². The average Bonchev–Trinajstić information content (AvgIpc) is 3.31. The largest absolute Gasteiger partial charge is 0.348 e. The molecular formula is C17H19N3O. The Morgan fingerprint density at radius 2 is 1.95 bits per heavy atom. The minimum absolute atomic E-state index is 0.115. The number of nitrogens with one attached hydrogen (secondary N) is 1. The number of aryl methyl sites for hydroxylation is 2. The number of carbonyl (C=O) groups excluding carboxylic acids is 1. The molecule has 0 atom stereocenters.